The fraction of sp³-hybridized carbons (Fsp3) is 0.258. The van der Waals surface area contributed by atoms with Gasteiger partial charge in [-0.25, -0.2) is 14.8 Å². The first kappa shape index (κ1) is 31.3. The van der Waals surface area contributed by atoms with E-state index in [1.54, 1.807) is 29.2 Å². The van der Waals surface area contributed by atoms with Crippen LogP contribution in [-0.4, -0.2) is 33.2 Å². The molecule has 12 heteroatoms. The van der Waals surface area contributed by atoms with Crippen molar-refractivity contribution >= 4 is 11.9 Å². The molecule has 0 amide bonds. The smallest absolute Gasteiger partial charge is 0.416 e. The minimum Gasteiger partial charge on any atom is -0.478 e. The predicted octanol–water partition coefficient (Wildman–Crippen LogP) is 7.67. The summed E-state index contributed by atoms with van der Waals surface area (Å²) in [6.07, 6.45) is -5.73. The minimum absolute atomic E-state index is 0.162. The molecule has 226 valence electrons. The molecule has 1 heterocycles. The van der Waals surface area contributed by atoms with Crippen LogP contribution in [0.1, 0.15) is 36.1 Å². The fourth-order valence-corrected chi connectivity index (χ4v) is 4.10. The van der Waals surface area contributed by atoms with Crippen molar-refractivity contribution in [3.05, 3.63) is 107 Å². The van der Waals surface area contributed by atoms with E-state index in [1.807, 2.05) is 0 Å². The highest BCUT2D eigenvalue weighted by Crippen LogP contribution is 2.32. The average molecular weight is 604 g/mol. The number of nitrogens with zero attached hydrogens (tertiary/aromatic N) is 3. The van der Waals surface area contributed by atoms with Crippen molar-refractivity contribution in [2.24, 2.45) is 0 Å². The number of aromatic nitrogens is 2. The van der Waals surface area contributed by atoms with E-state index in [9.17, 15) is 36.2 Å². The molecule has 1 aromatic heterocycles. The van der Waals surface area contributed by atoms with Crippen LogP contribution in [-0.2, 0) is 30.1 Å². The Balaban J connectivity index is 1.55. The summed E-state index contributed by atoms with van der Waals surface area (Å²) in [6.45, 7) is 3.36. The molecule has 3 aromatic carbocycles. The Labute approximate surface area is 243 Å². The first-order chi connectivity index (χ1) is 20.1. The number of benzene rings is 3. The molecule has 0 fully saturated rings. The van der Waals surface area contributed by atoms with E-state index in [0.717, 1.165) is 29.8 Å². The summed E-state index contributed by atoms with van der Waals surface area (Å²) < 4.78 is 84.2. The number of ether oxygens (including phenoxy) is 1. The number of hydrogen-bond donors (Lipinski definition) is 1. The van der Waals surface area contributed by atoms with Crippen LogP contribution in [0.5, 0.6) is 5.75 Å². The quantitative estimate of drug-likeness (QED) is 0.188. The average Bonchev–Trinajstić information content (AvgIpc) is 2.95. The monoisotopic (exact) mass is 603 g/mol. The number of halogens is 6. The third-order valence-corrected chi connectivity index (χ3v) is 6.58. The Morgan fingerprint density at radius 2 is 1.37 bits per heavy atom. The van der Waals surface area contributed by atoms with Crippen molar-refractivity contribution in [1.82, 2.24) is 9.97 Å². The molecular formula is C31H27F6N3O3. The summed E-state index contributed by atoms with van der Waals surface area (Å²) in [5.74, 6) is -0.514. The van der Waals surface area contributed by atoms with E-state index in [4.69, 9.17) is 4.74 Å². The van der Waals surface area contributed by atoms with Crippen molar-refractivity contribution in [1.29, 1.82) is 0 Å². The molecule has 0 spiro atoms. The van der Waals surface area contributed by atoms with Crippen molar-refractivity contribution in [3.63, 3.8) is 0 Å². The fourth-order valence-electron chi connectivity index (χ4n) is 4.10. The number of carboxylic acid groups (broad SMARTS) is 1. The minimum atomic E-state index is -4.51. The molecule has 43 heavy (non-hydrogen) atoms. The molecular weight excluding hydrogens is 576 g/mol. The number of aliphatic carboxylic acids is 1. The van der Waals surface area contributed by atoms with Crippen LogP contribution in [0.3, 0.4) is 0 Å². The van der Waals surface area contributed by atoms with Gasteiger partial charge in [-0.2, -0.15) is 26.3 Å². The van der Waals surface area contributed by atoms with E-state index in [2.05, 4.69) is 9.97 Å². The summed E-state index contributed by atoms with van der Waals surface area (Å²) >= 11 is 0. The number of anilines is 1. The van der Waals surface area contributed by atoms with E-state index in [0.29, 0.717) is 29.8 Å². The third-order valence-electron chi connectivity index (χ3n) is 6.58. The second-order valence-electron chi connectivity index (χ2n) is 10.3. The number of carbonyl (C=O) groups is 1. The summed E-state index contributed by atoms with van der Waals surface area (Å²) in [6, 6.07) is 16.3. The van der Waals surface area contributed by atoms with Crippen molar-refractivity contribution < 1.29 is 41.0 Å². The predicted molar refractivity (Wildman–Crippen MR) is 147 cm³/mol. The summed E-state index contributed by atoms with van der Waals surface area (Å²) in [7, 11) is 0. The van der Waals surface area contributed by atoms with Gasteiger partial charge in [0.2, 0.25) is 5.95 Å². The molecule has 6 nitrogen and oxygen atoms in total. The highest BCUT2D eigenvalue weighted by Gasteiger charge is 2.31. The van der Waals surface area contributed by atoms with E-state index >= 15 is 0 Å². The molecule has 0 radical (unpaired) electrons. The first-order valence-electron chi connectivity index (χ1n) is 13.0. The highest BCUT2D eigenvalue weighted by molar-refractivity contribution is 5.76. The lowest BCUT2D eigenvalue weighted by molar-refractivity contribution is -0.152. The van der Waals surface area contributed by atoms with Crippen LogP contribution in [0.25, 0.3) is 11.1 Å². The molecule has 1 N–H and O–H groups in total. The van der Waals surface area contributed by atoms with Gasteiger partial charge in [-0.05, 0) is 73.4 Å². The SMILES string of the molecule is CC(C)(Oc1ccc(CCN(Cc2ccc(C(F)(F)F)cc2)c2ncc(-c3cccc(C(F)(F)F)c3)cn2)cc1)C(=O)O. The zero-order valence-corrected chi connectivity index (χ0v) is 23.1. The lowest BCUT2D eigenvalue weighted by Gasteiger charge is -2.24. The maximum absolute atomic E-state index is 13.2. The van der Waals surface area contributed by atoms with Crippen LogP contribution in [0, 0.1) is 0 Å². The molecule has 0 aliphatic rings. The molecule has 0 saturated heterocycles. The van der Waals surface area contributed by atoms with Gasteiger partial charge in [0.15, 0.2) is 5.60 Å². The van der Waals surface area contributed by atoms with Crippen LogP contribution < -0.4 is 9.64 Å². The van der Waals surface area contributed by atoms with Gasteiger partial charge in [0.1, 0.15) is 5.75 Å². The lowest BCUT2D eigenvalue weighted by Crippen LogP contribution is -2.37. The Hall–Kier alpha value is -4.61. The molecule has 0 unspecified atom stereocenters. The molecule has 0 atom stereocenters. The van der Waals surface area contributed by atoms with E-state index in [-0.39, 0.29) is 18.1 Å². The standard InChI is InChI=1S/C31H27F6N3O3/c1-29(2,27(41)42)43-26-12-8-20(9-13-26)14-15-40(19-21-6-10-24(11-7-21)30(32,33)34)28-38-17-23(18-39-28)22-4-3-5-25(16-22)31(35,36)37/h3-13,16-18H,14-15,19H2,1-2H3,(H,41,42). The zero-order valence-electron chi connectivity index (χ0n) is 23.1. The molecule has 4 rings (SSSR count). The van der Waals surface area contributed by atoms with Gasteiger partial charge in [-0.15, -0.1) is 0 Å². The van der Waals surface area contributed by atoms with Gasteiger partial charge in [0.05, 0.1) is 11.1 Å². The third kappa shape index (κ3) is 8.24. The van der Waals surface area contributed by atoms with Gasteiger partial charge < -0.3 is 14.7 Å². The summed E-state index contributed by atoms with van der Waals surface area (Å²) in [4.78, 5) is 21.8. The Morgan fingerprint density at radius 1 is 0.791 bits per heavy atom. The molecule has 4 aromatic rings. The second-order valence-corrected chi connectivity index (χ2v) is 10.3. The Kier molecular flexibility index (Phi) is 8.98. The summed E-state index contributed by atoms with van der Waals surface area (Å²) in [5.41, 5.74) is -0.930. The van der Waals surface area contributed by atoms with Crippen molar-refractivity contribution in [2.75, 3.05) is 11.4 Å². The number of carboxylic acids is 1. The number of alkyl halides is 6. The zero-order chi connectivity index (χ0) is 31.4. The summed E-state index contributed by atoms with van der Waals surface area (Å²) in [5, 5.41) is 9.27. The van der Waals surface area contributed by atoms with Gasteiger partial charge >= 0.3 is 18.3 Å². The Bertz CT molecular complexity index is 1540. The maximum Gasteiger partial charge on any atom is 0.416 e. The van der Waals surface area contributed by atoms with Crippen molar-refractivity contribution in [2.45, 2.75) is 44.8 Å². The first-order valence-corrected chi connectivity index (χ1v) is 13.0. The van der Waals surface area contributed by atoms with Crippen LogP contribution in [0.15, 0.2) is 85.2 Å². The largest absolute Gasteiger partial charge is 0.478 e. The molecule has 0 aliphatic heterocycles. The van der Waals surface area contributed by atoms with Gasteiger partial charge in [0, 0.05) is 31.0 Å². The van der Waals surface area contributed by atoms with Crippen molar-refractivity contribution in [3.8, 4) is 16.9 Å². The second kappa shape index (κ2) is 12.3. The normalized spacial score (nSPS) is 12.2. The van der Waals surface area contributed by atoms with Gasteiger partial charge in [-0.1, -0.05) is 36.4 Å². The molecule has 0 saturated carbocycles. The maximum atomic E-state index is 13.2. The van der Waals surface area contributed by atoms with Gasteiger partial charge in [-0.3, -0.25) is 0 Å². The number of rotatable bonds is 10. The number of hydrogen-bond acceptors (Lipinski definition) is 5. The Morgan fingerprint density at radius 3 is 1.93 bits per heavy atom. The van der Waals surface area contributed by atoms with Crippen LogP contribution >= 0.6 is 0 Å². The van der Waals surface area contributed by atoms with Gasteiger partial charge in [0.25, 0.3) is 0 Å². The van der Waals surface area contributed by atoms with Crippen LogP contribution in [0.2, 0.25) is 0 Å². The molecule has 0 aliphatic carbocycles. The van der Waals surface area contributed by atoms with E-state index in [1.165, 1.54) is 50.5 Å². The van der Waals surface area contributed by atoms with Crippen LogP contribution in [0.4, 0.5) is 32.3 Å². The topological polar surface area (TPSA) is 75.5 Å². The van der Waals surface area contributed by atoms with E-state index < -0.39 is 35.0 Å². The highest BCUT2D eigenvalue weighted by atomic mass is 19.4. The lowest BCUT2D eigenvalue weighted by atomic mass is 10.1. The molecule has 0 bridgehead atoms.